The minimum absolute atomic E-state index is 0. The lowest BCUT2D eigenvalue weighted by molar-refractivity contribution is 0.146. The van der Waals surface area contributed by atoms with Gasteiger partial charge in [0.05, 0.1) is 12.3 Å². The molecular weight excluding hydrogens is 485 g/mol. The van der Waals surface area contributed by atoms with E-state index in [1.54, 1.807) is 13.4 Å². The first-order chi connectivity index (χ1) is 13.8. The zero-order chi connectivity index (χ0) is 19.6. The van der Waals surface area contributed by atoms with Crippen LogP contribution < -0.4 is 10.1 Å². The Kier molecular flexibility index (Phi) is 10.2. The van der Waals surface area contributed by atoms with E-state index in [4.69, 9.17) is 14.0 Å². The lowest BCUT2D eigenvalue weighted by Crippen LogP contribution is -2.52. The van der Waals surface area contributed by atoms with Crippen molar-refractivity contribution in [1.82, 2.24) is 20.3 Å². The van der Waals surface area contributed by atoms with Crippen LogP contribution in [0.5, 0.6) is 5.75 Å². The van der Waals surface area contributed by atoms with E-state index in [1.807, 2.05) is 25.2 Å². The van der Waals surface area contributed by atoms with Gasteiger partial charge in [-0.1, -0.05) is 17.3 Å². The van der Waals surface area contributed by atoms with E-state index in [0.717, 1.165) is 56.7 Å². The molecule has 3 rings (SSSR count). The van der Waals surface area contributed by atoms with Crippen LogP contribution in [0.15, 0.2) is 46.1 Å². The average molecular weight is 515 g/mol. The Balaban J connectivity index is 0.00000300. The molecule has 1 fully saturated rings. The number of hydrogen-bond donors (Lipinski definition) is 1. The van der Waals surface area contributed by atoms with Crippen LogP contribution >= 0.6 is 24.0 Å². The molecule has 1 aromatic heterocycles. The van der Waals surface area contributed by atoms with Crippen LogP contribution in [0.3, 0.4) is 0 Å². The molecule has 0 amide bonds. The van der Waals surface area contributed by atoms with Crippen LogP contribution in [0.25, 0.3) is 0 Å². The highest BCUT2D eigenvalue weighted by molar-refractivity contribution is 14.0. The van der Waals surface area contributed by atoms with Crippen molar-refractivity contribution in [3.8, 4) is 5.75 Å². The molecule has 160 valence electrons. The maximum absolute atomic E-state index is 5.60. The zero-order valence-corrected chi connectivity index (χ0v) is 19.4. The highest BCUT2D eigenvalue weighted by Gasteiger charge is 2.20. The Morgan fingerprint density at radius 2 is 1.90 bits per heavy atom. The van der Waals surface area contributed by atoms with E-state index in [0.29, 0.717) is 13.2 Å². The largest absolute Gasteiger partial charge is 0.491 e. The van der Waals surface area contributed by atoms with Gasteiger partial charge in [0.2, 0.25) is 0 Å². The predicted octanol–water partition coefficient (Wildman–Crippen LogP) is 2.21. The number of piperazine rings is 1. The normalized spacial score (nSPS) is 15.1. The predicted molar refractivity (Wildman–Crippen MR) is 123 cm³/mol. The van der Waals surface area contributed by atoms with Crippen LogP contribution in [0.4, 0.5) is 0 Å². The van der Waals surface area contributed by atoms with Crippen LogP contribution in [0.2, 0.25) is 0 Å². The van der Waals surface area contributed by atoms with Gasteiger partial charge in [-0.15, -0.1) is 24.0 Å². The third-order valence-electron chi connectivity index (χ3n) is 4.69. The molecule has 1 N–H and O–H groups in total. The number of ether oxygens (including phenoxy) is 2. The summed E-state index contributed by atoms with van der Waals surface area (Å²) >= 11 is 0. The fourth-order valence-corrected chi connectivity index (χ4v) is 3.13. The van der Waals surface area contributed by atoms with E-state index in [-0.39, 0.29) is 24.0 Å². The monoisotopic (exact) mass is 515 g/mol. The molecule has 1 aromatic carbocycles. The molecule has 8 nitrogen and oxygen atoms in total. The van der Waals surface area contributed by atoms with Crippen LogP contribution in [0.1, 0.15) is 11.3 Å². The fourth-order valence-electron chi connectivity index (χ4n) is 3.13. The SMILES string of the molecule is CN=C(NCc1ccc(OCCOC)cc1)N1CCN(Cc2ccon2)CC1.I. The van der Waals surface area contributed by atoms with Crippen LogP contribution in [-0.4, -0.2) is 74.5 Å². The van der Waals surface area contributed by atoms with Gasteiger partial charge in [0.1, 0.15) is 18.6 Å². The van der Waals surface area contributed by atoms with Gasteiger partial charge < -0.3 is 24.2 Å². The Hall–Kier alpha value is -1.85. The van der Waals surface area contributed by atoms with Crippen molar-refractivity contribution in [3.63, 3.8) is 0 Å². The number of hydrogen-bond acceptors (Lipinski definition) is 6. The Labute approximate surface area is 189 Å². The maximum Gasteiger partial charge on any atom is 0.194 e. The summed E-state index contributed by atoms with van der Waals surface area (Å²) in [7, 11) is 3.50. The van der Waals surface area contributed by atoms with Gasteiger partial charge in [0.15, 0.2) is 5.96 Å². The smallest absolute Gasteiger partial charge is 0.194 e. The van der Waals surface area contributed by atoms with Gasteiger partial charge in [0.25, 0.3) is 0 Å². The van der Waals surface area contributed by atoms with E-state index < -0.39 is 0 Å². The van der Waals surface area contributed by atoms with Gasteiger partial charge in [-0.05, 0) is 17.7 Å². The van der Waals surface area contributed by atoms with Crippen LogP contribution in [0, 0.1) is 0 Å². The molecule has 0 saturated carbocycles. The minimum Gasteiger partial charge on any atom is -0.491 e. The van der Waals surface area contributed by atoms with Gasteiger partial charge in [-0.3, -0.25) is 9.89 Å². The van der Waals surface area contributed by atoms with E-state index in [1.165, 1.54) is 5.56 Å². The number of halogens is 1. The first-order valence-corrected chi connectivity index (χ1v) is 9.56. The third kappa shape index (κ3) is 7.48. The molecule has 1 aliphatic rings. The van der Waals surface area contributed by atoms with E-state index in [2.05, 4.69) is 37.4 Å². The zero-order valence-electron chi connectivity index (χ0n) is 17.0. The van der Waals surface area contributed by atoms with Gasteiger partial charge >= 0.3 is 0 Å². The average Bonchev–Trinajstić information content (AvgIpc) is 3.24. The summed E-state index contributed by atoms with van der Waals surface area (Å²) in [5.41, 5.74) is 2.16. The molecule has 0 radical (unpaired) electrons. The lowest BCUT2D eigenvalue weighted by Gasteiger charge is -2.36. The highest BCUT2D eigenvalue weighted by Crippen LogP contribution is 2.12. The van der Waals surface area contributed by atoms with Crippen molar-refractivity contribution < 1.29 is 14.0 Å². The number of nitrogens with one attached hydrogen (secondary N) is 1. The molecule has 0 spiro atoms. The number of rotatable bonds is 8. The highest BCUT2D eigenvalue weighted by atomic mass is 127. The third-order valence-corrected chi connectivity index (χ3v) is 4.69. The van der Waals surface area contributed by atoms with Gasteiger partial charge in [-0.25, -0.2) is 0 Å². The number of guanidine groups is 1. The van der Waals surface area contributed by atoms with Gasteiger partial charge in [0, 0.05) is 59.5 Å². The summed E-state index contributed by atoms with van der Waals surface area (Å²) in [6.45, 7) is 6.52. The summed E-state index contributed by atoms with van der Waals surface area (Å²) in [5, 5.41) is 7.45. The fraction of sp³-hybridized carbons (Fsp3) is 0.500. The molecule has 0 bridgehead atoms. The summed E-state index contributed by atoms with van der Waals surface area (Å²) in [6, 6.07) is 10.0. The number of methoxy groups -OCH3 is 1. The first-order valence-electron chi connectivity index (χ1n) is 9.56. The Morgan fingerprint density at radius 3 is 2.52 bits per heavy atom. The maximum atomic E-state index is 5.60. The molecule has 0 aliphatic carbocycles. The molecule has 1 aliphatic heterocycles. The molecule has 1 saturated heterocycles. The first kappa shape index (κ1) is 23.4. The lowest BCUT2D eigenvalue weighted by atomic mass is 10.2. The second-order valence-corrected chi connectivity index (χ2v) is 6.64. The standard InChI is InChI=1S/C20H29N5O3.HI/c1-21-20(22-15-17-3-5-19(6-4-17)27-14-13-26-2)25-10-8-24(9-11-25)16-18-7-12-28-23-18;/h3-7,12H,8-11,13-16H2,1-2H3,(H,21,22);1H. The van der Waals surface area contributed by atoms with E-state index in [9.17, 15) is 0 Å². The second kappa shape index (κ2) is 12.7. The number of benzene rings is 1. The van der Waals surface area contributed by atoms with Crippen molar-refractivity contribution in [3.05, 3.63) is 47.9 Å². The summed E-state index contributed by atoms with van der Waals surface area (Å²) < 4.78 is 15.5. The topological polar surface area (TPSA) is 75.4 Å². The van der Waals surface area contributed by atoms with Crippen LogP contribution in [-0.2, 0) is 17.8 Å². The van der Waals surface area contributed by atoms with E-state index >= 15 is 0 Å². The minimum atomic E-state index is 0. The Bertz CT molecular complexity index is 716. The summed E-state index contributed by atoms with van der Waals surface area (Å²) in [6.07, 6.45) is 1.62. The summed E-state index contributed by atoms with van der Waals surface area (Å²) in [4.78, 5) is 9.11. The number of aliphatic imine (C=N–C) groups is 1. The molecule has 2 heterocycles. The molecule has 0 unspecified atom stereocenters. The van der Waals surface area contributed by atoms with Crippen molar-refractivity contribution in [2.45, 2.75) is 13.1 Å². The van der Waals surface area contributed by atoms with Gasteiger partial charge in [-0.2, -0.15) is 0 Å². The molecule has 29 heavy (non-hydrogen) atoms. The van der Waals surface area contributed by atoms with Crippen molar-refractivity contribution >= 4 is 29.9 Å². The Morgan fingerprint density at radius 1 is 1.14 bits per heavy atom. The van der Waals surface area contributed by atoms with Crippen molar-refractivity contribution in [1.29, 1.82) is 0 Å². The quantitative estimate of drug-likeness (QED) is 0.250. The van der Waals surface area contributed by atoms with Crippen molar-refractivity contribution in [2.24, 2.45) is 4.99 Å². The molecule has 0 atom stereocenters. The molecule has 9 heteroatoms. The van der Waals surface area contributed by atoms with Crippen molar-refractivity contribution in [2.75, 3.05) is 53.6 Å². The number of nitrogens with zero attached hydrogens (tertiary/aromatic N) is 4. The number of aromatic nitrogens is 1. The molecule has 2 aromatic rings. The second-order valence-electron chi connectivity index (χ2n) is 6.64. The molecular formula is C20H30IN5O3. The summed E-state index contributed by atoms with van der Waals surface area (Å²) in [5.74, 6) is 1.79.